The highest BCUT2D eigenvalue weighted by Gasteiger charge is 2.03. The molecule has 0 bridgehead atoms. The van der Waals surface area contributed by atoms with Crippen molar-refractivity contribution in [1.29, 1.82) is 5.26 Å². The first-order valence-electron chi connectivity index (χ1n) is 5.81. The quantitative estimate of drug-likeness (QED) is 0.855. The lowest BCUT2D eigenvalue weighted by atomic mass is 10.2. The highest BCUT2D eigenvalue weighted by atomic mass is 16.3. The number of nitrogens with one attached hydrogen (secondary N) is 2. The van der Waals surface area contributed by atoms with Crippen molar-refractivity contribution in [3.63, 3.8) is 0 Å². The molecule has 0 radical (unpaired) electrons. The zero-order chi connectivity index (χ0) is 13.5. The maximum absolute atomic E-state index is 11.7. The molecule has 1 heterocycles. The van der Waals surface area contributed by atoms with Crippen LogP contribution in [0, 0.1) is 11.3 Å². The molecular formula is C14H13N3O2. The van der Waals surface area contributed by atoms with Crippen LogP contribution in [-0.4, -0.2) is 12.5 Å². The second-order valence-corrected chi connectivity index (χ2v) is 3.92. The average molecular weight is 255 g/mol. The van der Waals surface area contributed by atoms with E-state index in [4.69, 9.17) is 9.68 Å². The van der Waals surface area contributed by atoms with Gasteiger partial charge in [0.2, 0.25) is 5.91 Å². The Bertz CT molecular complexity index is 585. The SMILES string of the molecule is N#Cc1cccc(NC(=O)CNCc2ccco2)c1. The number of hydrogen-bond acceptors (Lipinski definition) is 4. The van der Waals surface area contributed by atoms with Gasteiger partial charge in [0.05, 0.1) is 31.0 Å². The first-order valence-corrected chi connectivity index (χ1v) is 5.81. The first-order chi connectivity index (χ1) is 9.28. The molecule has 5 nitrogen and oxygen atoms in total. The van der Waals surface area contributed by atoms with Crippen molar-refractivity contribution < 1.29 is 9.21 Å². The molecule has 19 heavy (non-hydrogen) atoms. The largest absolute Gasteiger partial charge is 0.468 e. The molecule has 1 amide bonds. The third-order valence-electron chi connectivity index (χ3n) is 2.44. The number of nitrogens with zero attached hydrogens (tertiary/aromatic N) is 1. The predicted molar refractivity (Wildman–Crippen MR) is 70.2 cm³/mol. The number of carbonyl (C=O) groups excluding carboxylic acids is 1. The molecule has 0 fully saturated rings. The van der Waals surface area contributed by atoms with Crippen LogP contribution in [0.25, 0.3) is 0 Å². The van der Waals surface area contributed by atoms with Crippen molar-refractivity contribution in [2.45, 2.75) is 6.54 Å². The minimum Gasteiger partial charge on any atom is -0.468 e. The number of rotatable bonds is 5. The predicted octanol–water partition coefficient (Wildman–Crippen LogP) is 1.88. The van der Waals surface area contributed by atoms with E-state index in [1.54, 1.807) is 36.6 Å². The Labute approximate surface area is 110 Å². The van der Waals surface area contributed by atoms with Gasteiger partial charge in [-0.25, -0.2) is 0 Å². The Morgan fingerprint density at radius 1 is 1.32 bits per heavy atom. The summed E-state index contributed by atoms with van der Waals surface area (Å²) in [5.41, 5.74) is 1.13. The van der Waals surface area contributed by atoms with Gasteiger partial charge in [-0.15, -0.1) is 0 Å². The maximum Gasteiger partial charge on any atom is 0.238 e. The topological polar surface area (TPSA) is 78.1 Å². The second-order valence-electron chi connectivity index (χ2n) is 3.92. The fourth-order valence-electron chi connectivity index (χ4n) is 1.58. The molecule has 1 aromatic heterocycles. The summed E-state index contributed by atoms with van der Waals surface area (Å²) in [6, 6.07) is 12.4. The van der Waals surface area contributed by atoms with Gasteiger partial charge in [0.25, 0.3) is 0 Å². The Balaban J connectivity index is 1.79. The smallest absolute Gasteiger partial charge is 0.238 e. The molecule has 2 aromatic rings. The van der Waals surface area contributed by atoms with E-state index < -0.39 is 0 Å². The van der Waals surface area contributed by atoms with Crippen LogP contribution in [-0.2, 0) is 11.3 Å². The van der Waals surface area contributed by atoms with Gasteiger partial charge in [-0.1, -0.05) is 6.07 Å². The van der Waals surface area contributed by atoms with Crippen molar-refractivity contribution in [3.05, 3.63) is 54.0 Å². The Morgan fingerprint density at radius 3 is 2.95 bits per heavy atom. The van der Waals surface area contributed by atoms with E-state index in [-0.39, 0.29) is 12.5 Å². The fraction of sp³-hybridized carbons (Fsp3) is 0.143. The summed E-state index contributed by atoms with van der Waals surface area (Å²) in [5.74, 6) is 0.612. The van der Waals surface area contributed by atoms with E-state index in [2.05, 4.69) is 10.6 Å². The van der Waals surface area contributed by atoms with Crippen LogP contribution in [0.4, 0.5) is 5.69 Å². The van der Waals surface area contributed by atoms with Gasteiger partial charge in [0, 0.05) is 5.69 Å². The van der Waals surface area contributed by atoms with Crippen LogP contribution in [0.15, 0.2) is 47.1 Å². The van der Waals surface area contributed by atoms with Crippen LogP contribution in [0.2, 0.25) is 0 Å². The standard InChI is InChI=1S/C14H13N3O2/c15-8-11-3-1-4-12(7-11)17-14(18)10-16-9-13-5-2-6-19-13/h1-7,16H,9-10H2,(H,17,18). The third-order valence-corrected chi connectivity index (χ3v) is 2.44. The Hall–Kier alpha value is -2.58. The molecule has 0 saturated carbocycles. The van der Waals surface area contributed by atoms with Gasteiger partial charge < -0.3 is 15.1 Å². The van der Waals surface area contributed by atoms with Gasteiger partial charge in [-0.3, -0.25) is 4.79 Å². The summed E-state index contributed by atoms with van der Waals surface area (Å²) in [6.45, 7) is 0.677. The molecule has 5 heteroatoms. The van der Waals surface area contributed by atoms with Crippen LogP contribution in [0.1, 0.15) is 11.3 Å². The molecule has 0 atom stereocenters. The van der Waals surface area contributed by atoms with E-state index in [1.165, 1.54) is 0 Å². The van der Waals surface area contributed by atoms with Gasteiger partial charge in [0.1, 0.15) is 5.76 Å². The average Bonchev–Trinajstić information content (AvgIpc) is 2.92. The zero-order valence-electron chi connectivity index (χ0n) is 10.2. The molecule has 0 aliphatic heterocycles. The number of amides is 1. The molecule has 1 aromatic carbocycles. The fourth-order valence-corrected chi connectivity index (χ4v) is 1.58. The molecular weight excluding hydrogens is 242 g/mol. The van der Waals surface area contributed by atoms with Gasteiger partial charge in [-0.2, -0.15) is 5.26 Å². The van der Waals surface area contributed by atoms with Crippen LogP contribution in [0.3, 0.4) is 0 Å². The van der Waals surface area contributed by atoms with Crippen LogP contribution >= 0.6 is 0 Å². The number of hydrogen-bond donors (Lipinski definition) is 2. The van der Waals surface area contributed by atoms with Crippen molar-refractivity contribution in [2.75, 3.05) is 11.9 Å². The van der Waals surface area contributed by atoms with E-state index in [1.807, 2.05) is 12.1 Å². The molecule has 2 rings (SSSR count). The molecule has 0 saturated heterocycles. The monoisotopic (exact) mass is 255 g/mol. The summed E-state index contributed by atoms with van der Waals surface area (Å²) < 4.78 is 5.13. The van der Waals surface area contributed by atoms with Crippen molar-refractivity contribution in [2.24, 2.45) is 0 Å². The Morgan fingerprint density at radius 2 is 2.21 bits per heavy atom. The van der Waals surface area contributed by atoms with E-state index in [9.17, 15) is 4.79 Å². The maximum atomic E-state index is 11.7. The van der Waals surface area contributed by atoms with Gasteiger partial charge in [0.15, 0.2) is 0 Å². The molecule has 0 aliphatic rings. The second kappa shape index (κ2) is 6.38. The molecule has 0 unspecified atom stereocenters. The van der Waals surface area contributed by atoms with E-state index >= 15 is 0 Å². The lowest BCUT2D eigenvalue weighted by Gasteiger charge is -2.06. The van der Waals surface area contributed by atoms with Crippen molar-refractivity contribution in [1.82, 2.24) is 5.32 Å². The van der Waals surface area contributed by atoms with E-state index in [0.29, 0.717) is 17.8 Å². The number of nitriles is 1. The normalized spacial score (nSPS) is 9.84. The zero-order valence-corrected chi connectivity index (χ0v) is 10.2. The lowest BCUT2D eigenvalue weighted by molar-refractivity contribution is -0.115. The summed E-state index contributed by atoms with van der Waals surface area (Å²) >= 11 is 0. The first kappa shape index (κ1) is 12.9. The lowest BCUT2D eigenvalue weighted by Crippen LogP contribution is -2.27. The summed E-state index contributed by atoms with van der Waals surface area (Å²) in [6.07, 6.45) is 1.59. The summed E-state index contributed by atoms with van der Waals surface area (Å²) in [5, 5.41) is 14.4. The highest BCUT2D eigenvalue weighted by Crippen LogP contribution is 2.09. The van der Waals surface area contributed by atoms with Crippen LogP contribution < -0.4 is 10.6 Å². The van der Waals surface area contributed by atoms with Gasteiger partial charge >= 0.3 is 0 Å². The number of anilines is 1. The molecule has 2 N–H and O–H groups in total. The molecule has 96 valence electrons. The van der Waals surface area contributed by atoms with E-state index in [0.717, 1.165) is 5.76 Å². The van der Waals surface area contributed by atoms with Gasteiger partial charge in [-0.05, 0) is 30.3 Å². The van der Waals surface area contributed by atoms with Crippen molar-refractivity contribution in [3.8, 4) is 6.07 Å². The number of furan rings is 1. The number of benzene rings is 1. The Kier molecular flexibility index (Phi) is 4.32. The highest BCUT2D eigenvalue weighted by molar-refractivity contribution is 5.92. The summed E-state index contributed by atoms with van der Waals surface area (Å²) in [4.78, 5) is 11.7. The summed E-state index contributed by atoms with van der Waals surface area (Å²) in [7, 11) is 0. The van der Waals surface area contributed by atoms with Crippen LogP contribution in [0.5, 0.6) is 0 Å². The third kappa shape index (κ3) is 3.98. The molecule has 0 aliphatic carbocycles. The minimum absolute atomic E-state index is 0.165. The number of carbonyl (C=O) groups is 1. The van der Waals surface area contributed by atoms with Crippen molar-refractivity contribution >= 4 is 11.6 Å². The minimum atomic E-state index is -0.165. The molecule has 0 spiro atoms.